The van der Waals surface area contributed by atoms with E-state index in [1.165, 1.54) is 0 Å². The summed E-state index contributed by atoms with van der Waals surface area (Å²) < 4.78 is 5.28. The molecule has 1 unspecified atom stereocenters. The topological polar surface area (TPSA) is 101 Å². The van der Waals surface area contributed by atoms with Crippen LogP contribution in [0.5, 0.6) is 0 Å². The average molecular weight is 374 g/mol. The van der Waals surface area contributed by atoms with Gasteiger partial charge in [0.1, 0.15) is 5.76 Å². The Morgan fingerprint density at radius 3 is 2.59 bits per heavy atom. The van der Waals surface area contributed by atoms with Gasteiger partial charge >= 0.3 is 0 Å². The van der Waals surface area contributed by atoms with Crippen LogP contribution in [-0.2, 0) is 4.79 Å². The van der Waals surface area contributed by atoms with Crippen molar-refractivity contribution in [2.75, 3.05) is 13.1 Å². The monoisotopic (exact) mass is 374 g/mol. The standard InChI is InChI=1S/C20H30N4O3/c1-12-11-24(20(26)14-4-6-15(21)7-5-14)9-8-16(12)22-19(25)17-10-18(27-23-17)13-2-3-13/h10,12-16H,2-9,11,21H2,1H3,(H,22,25)/t12-,14-,15-,16?/m0/s1. The van der Waals surface area contributed by atoms with Crippen molar-refractivity contribution in [3.8, 4) is 0 Å². The van der Waals surface area contributed by atoms with Crippen molar-refractivity contribution in [2.45, 2.75) is 69.9 Å². The van der Waals surface area contributed by atoms with E-state index in [2.05, 4.69) is 17.4 Å². The number of piperidine rings is 1. The van der Waals surface area contributed by atoms with Crippen molar-refractivity contribution in [3.05, 3.63) is 17.5 Å². The fraction of sp³-hybridized carbons (Fsp3) is 0.750. The van der Waals surface area contributed by atoms with Crippen molar-refractivity contribution in [3.63, 3.8) is 0 Å². The summed E-state index contributed by atoms with van der Waals surface area (Å²) in [5.74, 6) is 1.70. The quantitative estimate of drug-likeness (QED) is 0.840. The van der Waals surface area contributed by atoms with E-state index in [-0.39, 0.29) is 35.7 Å². The molecule has 27 heavy (non-hydrogen) atoms. The molecule has 0 spiro atoms. The van der Waals surface area contributed by atoms with Gasteiger partial charge in [0, 0.05) is 43.1 Å². The maximum atomic E-state index is 12.8. The fourth-order valence-corrected chi connectivity index (χ4v) is 4.38. The van der Waals surface area contributed by atoms with E-state index in [9.17, 15) is 9.59 Å². The number of hydrogen-bond donors (Lipinski definition) is 2. The highest BCUT2D eigenvalue weighted by atomic mass is 16.5. The van der Waals surface area contributed by atoms with Gasteiger partial charge in [0.2, 0.25) is 5.91 Å². The normalized spacial score (nSPS) is 31.6. The van der Waals surface area contributed by atoms with E-state index in [1.807, 2.05) is 4.90 Å². The second-order valence-electron chi connectivity index (χ2n) is 8.63. The first-order chi connectivity index (χ1) is 13.0. The van der Waals surface area contributed by atoms with E-state index in [0.29, 0.717) is 24.7 Å². The van der Waals surface area contributed by atoms with E-state index in [1.54, 1.807) is 6.07 Å². The van der Waals surface area contributed by atoms with Gasteiger partial charge in [-0.1, -0.05) is 12.1 Å². The van der Waals surface area contributed by atoms with Gasteiger partial charge in [-0.25, -0.2) is 0 Å². The van der Waals surface area contributed by atoms with Crippen LogP contribution in [0.1, 0.15) is 74.0 Å². The van der Waals surface area contributed by atoms with Crippen molar-refractivity contribution in [1.82, 2.24) is 15.4 Å². The fourth-order valence-electron chi connectivity index (χ4n) is 4.38. The maximum absolute atomic E-state index is 12.8. The molecule has 2 aliphatic carbocycles. The largest absolute Gasteiger partial charge is 0.360 e. The molecule has 1 saturated heterocycles. The SMILES string of the molecule is C[C@H]1CN(C(=O)[C@H]2CC[C@H](N)CC2)CCC1NC(=O)c1cc(C2CC2)on1. The number of likely N-dealkylation sites (tertiary alicyclic amines) is 1. The first kappa shape index (κ1) is 18.5. The Bertz CT molecular complexity index is 691. The Balaban J connectivity index is 1.29. The number of nitrogens with one attached hydrogen (secondary N) is 1. The van der Waals surface area contributed by atoms with Crippen molar-refractivity contribution < 1.29 is 14.1 Å². The predicted octanol–water partition coefficient (Wildman–Crippen LogP) is 2.04. The van der Waals surface area contributed by atoms with Crippen LogP contribution < -0.4 is 11.1 Å². The van der Waals surface area contributed by atoms with Crippen molar-refractivity contribution in [2.24, 2.45) is 17.6 Å². The second kappa shape index (κ2) is 7.62. The molecule has 7 heteroatoms. The number of nitrogens with zero attached hydrogens (tertiary/aromatic N) is 2. The summed E-state index contributed by atoms with van der Waals surface area (Å²) in [6.45, 7) is 3.49. The van der Waals surface area contributed by atoms with E-state index in [0.717, 1.165) is 50.7 Å². The van der Waals surface area contributed by atoms with E-state index in [4.69, 9.17) is 10.3 Å². The highest BCUT2D eigenvalue weighted by molar-refractivity contribution is 5.92. The Morgan fingerprint density at radius 1 is 1.19 bits per heavy atom. The van der Waals surface area contributed by atoms with Crippen LogP contribution in [0.2, 0.25) is 0 Å². The van der Waals surface area contributed by atoms with Gasteiger partial charge in [-0.15, -0.1) is 0 Å². The average Bonchev–Trinajstić information content (AvgIpc) is 3.40. The molecule has 1 aliphatic heterocycles. The number of hydrogen-bond acceptors (Lipinski definition) is 5. The van der Waals surface area contributed by atoms with Crippen molar-refractivity contribution in [1.29, 1.82) is 0 Å². The lowest BCUT2D eigenvalue weighted by molar-refractivity contribution is -0.138. The minimum Gasteiger partial charge on any atom is -0.360 e. The molecule has 2 amide bonds. The van der Waals surface area contributed by atoms with Gasteiger partial charge < -0.3 is 20.5 Å². The highest BCUT2D eigenvalue weighted by Gasteiger charge is 2.35. The van der Waals surface area contributed by atoms with Gasteiger partial charge in [-0.3, -0.25) is 9.59 Å². The Labute approximate surface area is 160 Å². The summed E-state index contributed by atoms with van der Waals surface area (Å²) in [6.07, 6.45) is 6.71. The van der Waals surface area contributed by atoms with Gasteiger partial charge in [0.15, 0.2) is 5.69 Å². The lowest BCUT2D eigenvalue weighted by Crippen LogP contribution is -2.53. The molecule has 1 aromatic rings. The highest BCUT2D eigenvalue weighted by Crippen LogP contribution is 2.40. The van der Waals surface area contributed by atoms with Gasteiger partial charge in [-0.2, -0.15) is 0 Å². The molecule has 4 rings (SSSR count). The third-order valence-electron chi connectivity index (χ3n) is 6.40. The molecule has 2 atom stereocenters. The molecule has 2 saturated carbocycles. The molecule has 2 heterocycles. The van der Waals surface area contributed by atoms with Gasteiger partial charge in [0.25, 0.3) is 5.91 Å². The van der Waals surface area contributed by atoms with Gasteiger partial charge in [-0.05, 0) is 50.9 Å². The van der Waals surface area contributed by atoms with Crippen LogP contribution in [0.15, 0.2) is 10.6 Å². The molecule has 0 radical (unpaired) electrons. The summed E-state index contributed by atoms with van der Waals surface area (Å²) >= 11 is 0. The molecule has 3 fully saturated rings. The minimum atomic E-state index is -0.177. The molecule has 3 N–H and O–H groups in total. The molecular formula is C20H30N4O3. The summed E-state index contributed by atoms with van der Waals surface area (Å²) in [4.78, 5) is 27.3. The number of amides is 2. The van der Waals surface area contributed by atoms with Crippen LogP contribution in [-0.4, -0.2) is 47.0 Å². The summed E-state index contributed by atoms with van der Waals surface area (Å²) in [6, 6.07) is 2.08. The van der Waals surface area contributed by atoms with Crippen molar-refractivity contribution >= 4 is 11.8 Å². The zero-order chi connectivity index (χ0) is 19.0. The number of rotatable bonds is 4. The van der Waals surface area contributed by atoms with Gasteiger partial charge in [0.05, 0.1) is 0 Å². The Morgan fingerprint density at radius 2 is 1.93 bits per heavy atom. The predicted molar refractivity (Wildman–Crippen MR) is 100 cm³/mol. The van der Waals surface area contributed by atoms with E-state index >= 15 is 0 Å². The first-order valence-electron chi connectivity index (χ1n) is 10.3. The zero-order valence-corrected chi connectivity index (χ0v) is 16.0. The summed E-state index contributed by atoms with van der Waals surface area (Å²) in [7, 11) is 0. The third-order valence-corrected chi connectivity index (χ3v) is 6.40. The second-order valence-corrected chi connectivity index (χ2v) is 8.63. The van der Waals surface area contributed by atoms with Crippen LogP contribution >= 0.6 is 0 Å². The van der Waals surface area contributed by atoms with Crippen LogP contribution in [0.25, 0.3) is 0 Å². The zero-order valence-electron chi connectivity index (χ0n) is 16.0. The molecule has 148 valence electrons. The molecule has 7 nitrogen and oxygen atoms in total. The number of aromatic nitrogens is 1. The molecule has 3 aliphatic rings. The van der Waals surface area contributed by atoms with Crippen LogP contribution in [0.4, 0.5) is 0 Å². The van der Waals surface area contributed by atoms with Crippen LogP contribution in [0.3, 0.4) is 0 Å². The number of nitrogens with two attached hydrogens (primary N) is 1. The molecule has 0 bridgehead atoms. The lowest BCUT2D eigenvalue weighted by atomic mass is 9.84. The molecule has 1 aromatic heterocycles. The summed E-state index contributed by atoms with van der Waals surface area (Å²) in [5, 5.41) is 7.00. The lowest BCUT2D eigenvalue weighted by Gasteiger charge is -2.39. The van der Waals surface area contributed by atoms with Crippen LogP contribution in [0, 0.1) is 11.8 Å². The van der Waals surface area contributed by atoms with E-state index < -0.39 is 0 Å². The number of carbonyl (C=O) groups excluding carboxylic acids is 2. The summed E-state index contributed by atoms with van der Waals surface area (Å²) in [5.41, 5.74) is 6.32. The number of carbonyl (C=O) groups is 2. The molecular weight excluding hydrogens is 344 g/mol. The Hall–Kier alpha value is -1.89. The maximum Gasteiger partial charge on any atom is 0.273 e. The third kappa shape index (κ3) is 4.18. The minimum absolute atomic E-state index is 0.0578. The first-order valence-corrected chi connectivity index (χ1v) is 10.3. The molecule has 0 aromatic carbocycles. The smallest absolute Gasteiger partial charge is 0.273 e. The Kier molecular flexibility index (Phi) is 5.21.